The van der Waals surface area contributed by atoms with E-state index in [1.165, 1.54) is 30.1 Å². The molecule has 0 aliphatic heterocycles. The van der Waals surface area contributed by atoms with Crippen LogP contribution in [0.2, 0.25) is 5.15 Å². The van der Waals surface area contributed by atoms with Gasteiger partial charge in [-0.2, -0.15) is 17.9 Å². The number of carbonyl (C=O) groups excluding carboxylic acids is 1. The zero-order valence-electron chi connectivity index (χ0n) is 14.7. The second-order valence-electron chi connectivity index (χ2n) is 5.84. The molecular weight excluding hydrogens is 428 g/mol. The summed E-state index contributed by atoms with van der Waals surface area (Å²) in [7, 11) is -3.69. The number of rotatable bonds is 5. The van der Waals surface area contributed by atoms with Gasteiger partial charge in [0.1, 0.15) is 21.8 Å². The van der Waals surface area contributed by atoms with E-state index >= 15 is 0 Å². The number of sulfonamides is 1. The van der Waals surface area contributed by atoms with Gasteiger partial charge in [0.05, 0.1) is 0 Å². The van der Waals surface area contributed by atoms with Crippen LogP contribution in [-0.2, 0) is 17.1 Å². The molecule has 2 aromatic heterocycles. The van der Waals surface area contributed by atoms with E-state index in [9.17, 15) is 30.8 Å². The Morgan fingerprint density at radius 2 is 1.96 bits per heavy atom. The van der Waals surface area contributed by atoms with Crippen molar-refractivity contribution in [2.24, 2.45) is 7.05 Å². The van der Waals surface area contributed by atoms with E-state index < -0.39 is 44.6 Å². The topological polar surface area (TPSA) is 93.1 Å². The SMILES string of the molecule is Cc1c(S(=O)(=O)N[C@H](C)C(F)(F)F)c(F)c(C(=O)Nc2ccnc(Cl)c2)n1C. The molecule has 1 amide bonds. The smallest absolute Gasteiger partial charge is 0.340 e. The van der Waals surface area contributed by atoms with Gasteiger partial charge in [0.25, 0.3) is 5.91 Å². The van der Waals surface area contributed by atoms with Crippen molar-refractivity contribution in [1.29, 1.82) is 0 Å². The van der Waals surface area contributed by atoms with E-state index in [0.29, 0.717) is 6.92 Å². The predicted octanol–water partition coefficient (Wildman–Crippen LogP) is 3.00. The van der Waals surface area contributed by atoms with Gasteiger partial charge >= 0.3 is 6.18 Å². The van der Waals surface area contributed by atoms with Crippen molar-refractivity contribution in [2.75, 3.05) is 5.32 Å². The minimum absolute atomic E-state index is 0.0509. The fraction of sp³-hybridized carbons (Fsp3) is 0.333. The van der Waals surface area contributed by atoms with Crippen molar-refractivity contribution in [3.05, 3.63) is 40.7 Å². The van der Waals surface area contributed by atoms with Crippen molar-refractivity contribution in [3.8, 4) is 0 Å². The van der Waals surface area contributed by atoms with Crippen LogP contribution >= 0.6 is 11.6 Å². The average molecular weight is 443 g/mol. The molecule has 0 aromatic carbocycles. The number of halogens is 5. The largest absolute Gasteiger partial charge is 0.404 e. The molecule has 0 aliphatic carbocycles. The van der Waals surface area contributed by atoms with Gasteiger partial charge in [0.2, 0.25) is 10.0 Å². The number of aromatic nitrogens is 2. The number of amides is 1. The van der Waals surface area contributed by atoms with Gasteiger partial charge in [-0.25, -0.2) is 17.8 Å². The number of alkyl halides is 3. The molecule has 2 heterocycles. The third-order valence-electron chi connectivity index (χ3n) is 3.87. The summed E-state index contributed by atoms with van der Waals surface area (Å²) in [5, 5.41) is 2.37. The molecule has 1 atom stereocenters. The van der Waals surface area contributed by atoms with E-state index in [1.807, 2.05) is 0 Å². The molecule has 0 saturated carbocycles. The highest BCUT2D eigenvalue weighted by Gasteiger charge is 2.41. The molecule has 2 N–H and O–H groups in total. The van der Waals surface area contributed by atoms with Crippen molar-refractivity contribution in [2.45, 2.75) is 31.0 Å². The highest BCUT2D eigenvalue weighted by Crippen LogP contribution is 2.28. The summed E-state index contributed by atoms with van der Waals surface area (Å²) >= 11 is 5.69. The molecule has 0 fully saturated rings. The van der Waals surface area contributed by atoms with Crippen LogP contribution in [0.5, 0.6) is 0 Å². The summed E-state index contributed by atoms with van der Waals surface area (Å²) in [4.78, 5) is 15.1. The second kappa shape index (κ2) is 7.68. The minimum atomic E-state index is -4.90. The standard InChI is InChI=1S/C15H15ClF4N4O3S/c1-7-13(28(26,27)23-8(2)15(18,19)20)11(17)12(24(7)3)14(25)22-9-4-5-21-10(16)6-9/h4-6,8,23H,1-3H3,(H,21,22,25)/t8-/m1/s1. The molecule has 13 heteroatoms. The van der Waals surface area contributed by atoms with Crippen LogP contribution in [-0.4, -0.2) is 36.1 Å². The van der Waals surface area contributed by atoms with Gasteiger partial charge in [0.15, 0.2) is 5.82 Å². The monoisotopic (exact) mass is 442 g/mol. The lowest BCUT2D eigenvalue weighted by atomic mass is 10.3. The second-order valence-corrected chi connectivity index (χ2v) is 7.88. The third kappa shape index (κ3) is 4.45. The summed E-state index contributed by atoms with van der Waals surface area (Å²) in [5.41, 5.74) is -0.765. The molecule has 0 aliphatic rings. The van der Waals surface area contributed by atoms with E-state index in [4.69, 9.17) is 11.6 Å². The van der Waals surface area contributed by atoms with Crippen LogP contribution < -0.4 is 10.0 Å². The molecule has 7 nitrogen and oxygen atoms in total. The van der Waals surface area contributed by atoms with E-state index in [2.05, 4.69) is 10.3 Å². The number of hydrogen-bond donors (Lipinski definition) is 2. The Balaban J connectivity index is 2.44. The van der Waals surface area contributed by atoms with Gasteiger partial charge < -0.3 is 9.88 Å². The lowest BCUT2D eigenvalue weighted by Crippen LogP contribution is -2.43. The molecule has 28 heavy (non-hydrogen) atoms. The maximum atomic E-state index is 14.8. The lowest BCUT2D eigenvalue weighted by Gasteiger charge is -2.17. The highest BCUT2D eigenvalue weighted by atomic mass is 35.5. The molecule has 0 saturated heterocycles. The number of hydrogen-bond acceptors (Lipinski definition) is 4. The predicted molar refractivity (Wildman–Crippen MR) is 93.1 cm³/mol. The van der Waals surface area contributed by atoms with Crippen molar-refractivity contribution in [1.82, 2.24) is 14.3 Å². The van der Waals surface area contributed by atoms with Crippen LogP contribution in [0.4, 0.5) is 23.2 Å². The zero-order chi connectivity index (χ0) is 21.4. The van der Waals surface area contributed by atoms with Crippen LogP contribution in [0.1, 0.15) is 23.1 Å². The Labute approximate surface area is 162 Å². The van der Waals surface area contributed by atoms with Gasteiger partial charge in [0, 0.05) is 24.6 Å². The van der Waals surface area contributed by atoms with Crippen molar-refractivity contribution >= 4 is 33.2 Å². The summed E-state index contributed by atoms with van der Waals surface area (Å²) in [6, 6.07) is 0.187. The first-order valence-corrected chi connectivity index (χ1v) is 9.48. The number of pyridine rings is 1. The Hall–Kier alpha value is -2.18. The fourth-order valence-electron chi connectivity index (χ4n) is 2.33. The number of anilines is 1. The number of carbonyl (C=O) groups is 1. The third-order valence-corrected chi connectivity index (χ3v) is 5.75. The average Bonchev–Trinajstić information content (AvgIpc) is 2.76. The maximum absolute atomic E-state index is 14.8. The Bertz CT molecular complexity index is 1020. The van der Waals surface area contributed by atoms with Gasteiger partial charge in [-0.3, -0.25) is 4.79 Å². The van der Waals surface area contributed by atoms with Crippen LogP contribution in [0.15, 0.2) is 23.2 Å². The first kappa shape index (κ1) is 22.1. The molecule has 0 bridgehead atoms. The zero-order valence-corrected chi connectivity index (χ0v) is 16.3. The fourth-order valence-corrected chi connectivity index (χ4v) is 4.08. The van der Waals surface area contributed by atoms with E-state index in [-0.39, 0.29) is 16.5 Å². The molecular formula is C15H15ClF4N4O3S. The maximum Gasteiger partial charge on any atom is 0.404 e. The van der Waals surface area contributed by atoms with E-state index in [1.54, 1.807) is 0 Å². The Kier molecular flexibility index (Phi) is 6.07. The van der Waals surface area contributed by atoms with E-state index in [0.717, 1.165) is 11.5 Å². The first-order valence-electron chi connectivity index (χ1n) is 7.62. The van der Waals surface area contributed by atoms with Crippen molar-refractivity contribution < 1.29 is 30.8 Å². The lowest BCUT2D eigenvalue weighted by molar-refractivity contribution is -0.147. The normalized spacial score (nSPS) is 13.4. The molecule has 0 unspecified atom stereocenters. The summed E-state index contributed by atoms with van der Waals surface area (Å²) in [6.07, 6.45) is -3.59. The van der Waals surface area contributed by atoms with Crippen LogP contribution in [0.25, 0.3) is 0 Å². The quantitative estimate of drug-likeness (QED) is 0.550. The minimum Gasteiger partial charge on any atom is -0.340 e. The van der Waals surface area contributed by atoms with Crippen LogP contribution in [0, 0.1) is 12.7 Å². The Morgan fingerprint density at radius 3 is 2.50 bits per heavy atom. The molecule has 0 radical (unpaired) electrons. The summed E-state index contributed by atoms with van der Waals surface area (Å²) in [6.45, 7) is 1.74. The molecule has 2 rings (SSSR count). The molecule has 2 aromatic rings. The highest BCUT2D eigenvalue weighted by molar-refractivity contribution is 7.89. The molecule has 0 spiro atoms. The molecule has 154 valence electrons. The van der Waals surface area contributed by atoms with Gasteiger partial charge in [-0.1, -0.05) is 11.6 Å². The first-order chi connectivity index (χ1) is 12.8. The van der Waals surface area contributed by atoms with Gasteiger partial charge in [-0.15, -0.1) is 0 Å². The van der Waals surface area contributed by atoms with Crippen LogP contribution in [0.3, 0.4) is 0 Å². The summed E-state index contributed by atoms with van der Waals surface area (Å²) in [5.74, 6) is -2.49. The number of nitrogens with one attached hydrogen (secondary N) is 2. The number of nitrogens with zero attached hydrogens (tertiary/aromatic N) is 2. The summed E-state index contributed by atoms with van der Waals surface area (Å²) < 4.78 is 79.7. The van der Waals surface area contributed by atoms with Crippen molar-refractivity contribution in [3.63, 3.8) is 0 Å². The Morgan fingerprint density at radius 1 is 1.36 bits per heavy atom. The van der Waals surface area contributed by atoms with Gasteiger partial charge in [-0.05, 0) is 26.0 Å².